The molecule has 3 aromatic rings. The number of aromatic nitrogens is 3. The van der Waals surface area contributed by atoms with Gasteiger partial charge in [0.1, 0.15) is 0 Å². The Kier molecular flexibility index (Phi) is 5.38. The van der Waals surface area contributed by atoms with Crippen molar-refractivity contribution in [1.82, 2.24) is 20.1 Å². The van der Waals surface area contributed by atoms with E-state index in [0.717, 1.165) is 40.8 Å². The molecule has 140 valence electrons. The van der Waals surface area contributed by atoms with Gasteiger partial charge in [-0.05, 0) is 47.0 Å². The lowest BCUT2D eigenvalue weighted by atomic mass is 10.1. The van der Waals surface area contributed by atoms with Gasteiger partial charge in [-0.15, -0.1) is 11.3 Å². The molecule has 3 N–H and O–H groups in total. The van der Waals surface area contributed by atoms with Crippen LogP contribution in [0.2, 0.25) is 0 Å². The first-order valence-electron chi connectivity index (χ1n) is 8.91. The third-order valence-electron chi connectivity index (χ3n) is 4.66. The molecular formula is C19H20BrN5OS. The maximum Gasteiger partial charge on any atom is 0.261 e. The van der Waals surface area contributed by atoms with E-state index >= 15 is 0 Å². The quantitative estimate of drug-likeness (QED) is 0.631. The zero-order valence-corrected chi connectivity index (χ0v) is 17.1. The number of nitrogens with zero attached hydrogens (tertiary/aromatic N) is 3. The normalized spacial score (nSPS) is 14.1. The first-order valence-corrected chi connectivity index (χ1v) is 10.5. The van der Waals surface area contributed by atoms with Crippen LogP contribution in [0.25, 0.3) is 11.3 Å². The molecule has 1 aliphatic heterocycles. The number of aryl methyl sites for hydroxylation is 2. The van der Waals surface area contributed by atoms with Crippen LogP contribution in [0.3, 0.4) is 0 Å². The molecule has 0 bridgehead atoms. The van der Waals surface area contributed by atoms with Crippen molar-refractivity contribution in [2.45, 2.75) is 31.8 Å². The van der Waals surface area contributed by atoms with E-state index in [0.29, 0.717) is 17.8 Å². The highest BCUT2D eigenvalue weighted by molar-refractivity contribution is 9.10. The van der Waals surface area contributed by atoms with Crippen molar-refractivity contribution in [3.8, 4) is 11.3 Å². The minimum absolute atomic E-state index is 0.0818. The topological polar surface area (TPSA) is 85.8 Å². The number of fused-ring (bicyclic) bond motifs is 3. The van der Waals surface area contributed by atoms with Gasteiger partial charge in [-0.2, -0.15) is 5.10 Å². The van der Waals surface area contributed by atoms with Crippen LogP contribution in [0.15, 0.2) is 41.1 Å². The van der Waals surface area contributed by atoms with Gasteiger partial charge in [0.25, 0.3) is 5.91 Å². The molecule has 0 aromatic carbocycles. The van der Waals surface area contributed by atoms with Crippen molar-refractivity contribution >= 4 is 33.2 Å². The molecule has 0 saturated heterocycles. The second-order valence-corrected chi connectivity index (χ2v) is 8.54. The van der Waals surface area contributed by atoms with Crippen molar-refractivity contribution in [1.29, 1.82) is 0 Å². The van der Waals surface area contributed by atoms with E-state index in [-0.39, 0.29) is 11.9 Å². The summed E-state index contributed by atoms with van der Waals surface area (Å²) in [4.78, 5) is 19.1. The molecule has 6 nitrogen and oxygen atoms in total. The average molecular weight is 446 g/mol. The zero-order chi connectivity index (χ0) is 18.8. The van der Waals surface area contributed by atoms with E-state index in [1.54, 1.807) is 17.5 Å². The Balaban J connectivity index is 1.55. The smallest absolute Gasteiger partial charge is 0.261 e. The third kappa shape index (κ3) is 3.83. The summed E-state index contributed by atoms with van der Waals surface area (Å²) in [6.07, 6.45) is 6.16. The van der Waals surface area contributed by atoms with Gasteiger partial charge in [0, 0.05) is 47.9 Å². The number of hydrogen-bond donors (Lipinski definition) is 2. The molecule has 1 atom stereocenters. The van der Waals surface area contributed by atoms with Crippen molar-refractivity contribution in [3.63, 3.8) is 0 Å². The van der Waals surface area contributed by atoms with Crippen LogP contribution in [-0.2, 0) is 19.4 Å². The first kappa shape index (κ1) is 18.3. The number of hydrogen-bond acceptors (Lipinski definition) is 5. The summed E-state index contributed by atoms with van der Waals surface area (Å²) in [5.41, 5.74) is 8.95. The molecule has 27 heavy (non-hydrogen) atoms. The number of pyridine rings is 1. The highest BCUT2D eigenvalue weighted by atomic mass is 79.9. The van der Waals surface area contributed by atoms with Crippen LogP contribution in [-0.4, -0.2) is 33.3 Å². The molecule has 0 spiro atoms. The van der Waals surface area contributed by atoms with Crippen molar-refractivity contribution in [2.24, 2.45) is 5.73 Å². The monoisotopic (exact) mass is 445 g/mol. The van der Waals surface area contributed by atoms with Gasteiger partial charge in [-0.1, -0.05) is 6.07 Å². The van der Waals surface area contributed by atoms with Crippen molar-refractivity contribution in [2.75, 3.05) is 6.54 Å². The Morgan fingerprint density at radius 1 is 1.44 bits per heavy atom. The van der Waals surface area contributed by atoms with E-state index in [1.165, 1.54) is 4.88 Å². The summed E-state index contributed by atoms with van der Waals surface area (Å²) in [6.45, 7) is 1.26. The molecule has 4 heterocycles. The lowest BCUT2D eigenvalue weighted by molar-refractivity contribution is 0.0942. The van der Waals surface area contributed by atoms with Gasteiger partial charge >= 0.3 is 0 Å². The molecule has 0 aliphatic carbocycles. The van der Waals surface area contributed by atoms with Gasteiger partial charge in [-0.25, -0.2) is 0 Å². The van der Waals surface area contributed by atoms with Crippen LogP contribution in [0.5, 0.6) is 0 Å². The largest absolute Gasteiger partial charge is 0.347 e. The predicted molar refractivity (Wildman–Crippen MR) is 110 cm³/mol. The lowest BCUT2D eigenvalue weighted by Gasteiger charge is -2.15. The fourth-order valence-electron chi connectivity index (χ4n) is 3.34. The Hall–Kier alpha value is -2.03. The third-order valence-corrected chi connectivity index (χ3v) is 6.43. The summed E-state index contributed by atoms with van der Waals surface area (Å²) in [7, 11) is 0. The Morgan fingerprint density at radius 3 is 3.11 bits per heavy atom. The standard InChI is InChI=1S/C19H20BrN5OS/c20-15-11-23-25-7-3-5-16-14(18(15)25)9-17(27-16)19(26)24-13(10-21)8-12-4-1-2-6-22-12/h1-2,4,6,9,11,13H,3,5,7-8,10,21H2,(H,24,26). The first-order chi connectivity index (χ1) is 13.2. The molecule has 1 unspecified atom stereocenters. The number of nitrogens with one attached hydrogen (secondary N) is 1. The minimum Gasteiger partial charge on any atom is -0.347 e. The number of carbonyl (C=O) groups excluding carboxylic acids is 1. The van der Waals surface area contributed by atoms with E-state index in [4.69, 9.17) is 5.73 Å². The molecule has 1 aliphatic rings. The predicted octanol–water partition coefficient (Wildman–Crippen LogP) is 3.02. The van der Waals surface area contributed by atoms with Crippen LogP contribution in [0.4, 0.5) is 0 Å². The molecule has 0 fully saturated rings. The van der Waals surface area contributed by atoms with Crippen LogP contribution in [0.1, 0.15) is 26.7 Å². The number of halogens is 1. The maximum absolute atomic E-state index is 12.8. The van der Waals surface area contributed by atoms with E-state index in [9.17, 15) is 4.79 Å². The highest BCUT2D eigenvalue weighted by Gasteiger charge is 2.24. The fraction of sp³-hybridized carbons (Fsp3) is 0.316. The van der Waals surface area contributed by atoms with E-state index in [1.807, 2.05) is 35.1 Å². The molecule has 4 rings (SSSR count). The van der Waals surface area contributed by atoms with Gasteiger partial charge in [0.2, 0.25) is 0 Å². The number of nitrogens with two attached hydrogens (primary N) is 1. The molecule has 0 saturated carbocycles. The van der Waals surface area contributed by atoms with Crippen molar-refractivity contribution in [3.05, 3.63) is 56.6 Å². The lowest BCUT2D eigenvalue weighted by Crippen LogP contribution is -2.41. The second kappa shape index (κ2) is 7.92. The number of rotatable bonds is 5. The van der Waals surface area contributed by atoms with Gasteiger partial charge in [-0.3, -0.25) is 14.5 Å². The van der Waals surface area contributed by atoms with Gasteiger partial charge in [0.15, 0.2) is 0 Å². The van der Waals surface area contributed by atoms with Crippen molar-refractivity contribution < 1.29 is 4.79 Å². The molecule has 8 heteroatoms. The van der Waals surface area contributed by atoms with Gasteiger partial charge < -0.3 is 11.1 Å². The summed E-state index contributed by atoms with van der Waals surface area (Å²) in [6, 6.07) is 7.59. The highest BCUT2D eigenvalue weighted by Crippen LogP contribution is 2.38. The van der Waals surface area contributed by atoms with Gasteiger partial charge in [0.05, 0.1) is 21.2 Å². The van der Waals surface area contributed by atoms with E-state index < -0.39 is 0 Å². The summed E-state index contributed by atoms with van der Waals surface area (Å²) in [5, 5.41) is 7.49. The zero-order valence-electron chi connectivity index (χ0n) is 14.7. The summed E-state index contributed by atoms with van der Waals surface area (Å²) < 4.78 is 2.97. The molecular weight excluding hydrogens is 426 g/mol. The SMILES string of the molecule is NCC(Cc1ccccn1)NC(=O)c1cc2c(s1)CCCn1ncc(Br)c1-2. The Labute approximate surface area is 169 Å². The Bertz CT molecular complexity index is 952. The fourth-order valence-corrected chi connectivity index (χ4v) is 4.95. The summed E-state index contributed by atoms with van der Waals surface area (Å²) in [5.74, 6) is -0.0818. The average Bonchev–Trinajstić information content (AvgIpc) is 3.21. The maximum atomic E-state index is 12.8. The van der Waals surface area contributed by atoms with Crippen LogP contribution >= 0.6 is 27.3 Å². The molecule has 1 amide bonds. The van der Waals surface area contributed by atoms with Crippen LogP contribution < -0.4 is 11.1 Å². The summed E-state index contributed by atoms with van der Waals surface area (Å²) >= 11 is 5.15. The Morgan fingerprint density at radius 2 is 2.33 bits per heavy atom. The molecule has 3 aromatic heterocycles. The van der Waals surface area contributed by atoms with Crippen LogP contribution in [0, 0.1) is 0 Å². The molecule has 0 radical (unpaired) electrons. The number of carbonyl (C=O) groups is 1. The number of thiophene rings is 1. The minimum atomic E-state index is -0.147. The van der Waals surface area contributed by atoms with E-state index in [2.05, 4.69) is 31.3 Å². The number of amides is 1. The second-order valence-electron chi connectivity index (χ2n) is 6.55.